The van der Waals surface area contributed by atoms with Gasteiger partial charge in [-0.3, -0.25) is 4.79 Å². The van der Waals surface area contributed by atoms with E-state index in [1.807, 2.05) is 0 Å². The molecule has 10 heteroatoms. The third kappa shape index (κ3) is 6.08. The van der Waals surface area contributed by atoms with Gasteiger partial charge in [0.2, 0.25) is 5.91 Å². The molecule has 0 unspecified atom stereocenters. The summed E-state index contributed by atoms with van der Waals surface area (Å²) in [6, 6.07) is 5.38. The van der Waals surface area contributed by atoms with Crippen LogP contribution in [0.15, 0.2) is 30.3 Å². The Morgan fingerprint density at radius 1 is 1.16 bits per heavy atom. The van der Waals surface area contributed by atoms with Crippen molar-refractivity contribution in [3.05, 3.63) is 58.9 Å². The van der Waals surface area contributed by atoms with Gasteiger partial charge in [-0.25, -0.2) is 13.2 Å². The van der Waals surface area contributed by atoms with Crippen LogP contribution in [0.4, 0.5) is 18.9 Å². The fraction of sp³-hybridized carbons (Fsp3) is 0.536. The van der Waals surface area contributed by atoms with E-state index in [0.29, 0.717) is 36.6 Å². The molecule has 1 aliphatic carbocycles. The second kappa shape index (κ2) is 11.1. The number of carbonyl (C=O) groups excluding carboxylic acids is 1. The van der Waals surface area contributed by atoms with Crippen molar-refractivity contribution in [2.24, 2.45) is 0 Å². The Morgan fingerprint density at radius 2 is 1.92 bits per heavy atom. The molecule has 1 saturated heterocycles. The minimum atomic E-state index is -1.05. The Labute approximate surface area is 220 Å². The largest absolute Gasteiger partial charge is 0.487 e. The predicted molar refractivity (Wildman–Crippen MR) is 135 cm³/mol. The van der Waals surface area contributed by atoms with Crippen molar-refractivity contribution >= 4 is 11.6 Å². The van der Waals surface area contributed by atoms with Crippen molar-refractivity contribution in [3.8, 4) is 5.75 Å². The summed E-state index contributed by atoms with van der Waals surface area (Å²) >= 11 is 0. The van der Waals surface area contributed by atoms with Crippen LogP contribution in [-0.2, 0) is 16.0 Å². The highest BCUT2D eigenvalue weighted by Crippen LogP contribution is 2.49. The number of ether oxygens (including phenoxy) is 2. The first kappa shape index (κ1) is 26.8. The lowest BCUT2D eigenvalue weighted by Gasteiger charge is -2.48. The zero-order valence-electron chi connectivity index (χ0n) is 21.4. The number of hydrogen-bond donors (Lipinski definition) is 4. The lowest BCUT2D eigenvalue weighted by Crippen LogP contribution is -2.52. The molecule has 0 bridgehead atoms. The van der Waals surface area contributed by atoms with E-state index in [4.69, 9.17) is 9.47 Å². The Bertz CT molecular complexity index is 1150. The number of anilines is 1. The molecule has 0 aromatic heterocycles. The lowest BCUT2D eigenvalue weighted by atomic mass is 9.73. The molecule has 2 aromatic rings. The summed E-state index contributed by atoms with van der Waals surface area (Å²) in [5, 5.41) is 20.4. The maximum Gasteiger partial charge on any atom is 0.217 e. The van der Waals surface area contributed by atoms with Gasteiger partial charge in [0, 0.05) is 50.2 Å². The fourth-order valence-electron chi connectivity index (χ4n) is 5.66. The van der Waals surface area contributed by atoms with Gasteiger partial charge in [-0.2, -0.15) is 0 Å². The minimum absolute atomic E-state index is 0.0318. The zero-order chi connectivity index (χ0) is 26.9. The molecule has 2 fully saturated rings. The van der Waals surface area contributed by atoms with Crippen molar-refractivity contribution in [1.29, 1.82) is 0 Å². The van der Waals surface area contributed by atoms with E-state index in [1.165, 1.54) is 25.1 Å². The fourth-order valence-corrected chi connectivity index (χ4v) is 5.66. The van der Waals surface area contributed by atoms with Crippen LogP contribution in [0.1, 0.15) is 56.2 Å². The number of hydrogen-bond acceptors (Lipinski definition) is 6. The molecule has 4 N–H and O–H groups in total. The summed E-state index contributed by atoms with van der Waals surface area (Å²) in [5.41, 5.74) is 1.13. The number of fused-ring (bicyclic) bond motifs is 1. The molecule has 1 spiro atoms. The van der Waals surface area contributed by atoms with Crippen LogP contribution in [-0.4, -0.2) is 54.6 Å². The molecule has 0 radical (unpaired) electrons. The average Bonchev–Trinajstić information content (AvgIpc) is 3.33. The van der Waals surface area contributed by atoms with Gasteiger partial charge in [-0.15, -0.1) is 0 Å². The SMILES string of the molecule is CC(=O)N[C@@H](Cc1cc(F)cc(F)c1)[C@@H](O)CN[C@H]1CC2(CCC2)Oc2cc(F)c(N[C@@H]3CCOC3)cc21. The molecule has 206 valence electrons. The number of nitrogens with one attached hydrogen (secondary N) is 3. The first-order chi connectivity index (χ1) is 18.2. The Morgan fingerprint density at radius 3 is 2.55 bits per heavy atom. The maximum atomic E-state index is 15.0. The predicted octanol–water partition coefficient (Wildman–Crippen LogP) is 3.75. The third-order valence-electron chi connectivity index (χ3n) is 7.74. The Hall–Kier alpha value is -2.82. The first-order valence-electron chi connectivity index (χ1n) is 13.2. The van der Waals surface area contributed by atoms with E-state index in [2.05, 4.69) is 16.0 Å². The van der Waals surface area contributed by atoms with Crippen LogP contribution in [0.3, 0.4) is 0 Å². The van der Waals surface area contributed by atoms with E-state index in [-0.39, 0.29) is 42.4 Å². The van der Waals surface area contributed by atoms with E-state index < -0.39 is 23.8 Å². The number of halogens is 3. The molecule has 38 heavy (non-hydrogen) atoms. The Kier molecular flexibility index (Phi) is 7.83. The summed E-state index contributed by atoms with van der Waals surface area (Å²) in [4.78, 5) is 11.8. The van der Waals surface area contributed by atoms with Crippen molar-refractivity contribution in [2.75, 3.05) is 25.1 Å². The van der Waals surface area contributed by atoms with Gasteiger partial charge in [0.05, 0.1) is 30.5 Å². The first-order valence-corrected chi connectivity index (χ1v) is 13.2. The molecular formula is C28H34F3N3O4. The van der Waals surface area contributed by atoms with Gasteiger partial charge < -0.3 is 30.5 Å². The highest BCUT2D eigenvalue weighted by molar-refractivity contribution is 5.73. The van der Waals surface area contributed by atoms with Crippen molar-refractivity contribution in [1.82, 2.24) is 10.6 Å². The number of rotatable bonds is 9. The maximum absolute atomic E-state index is 15.0. The molecule has 4 atom stereocenters. The summed E-state index contributed by atoms with van der Waals surface area (Å²) in [5.74, 6) is -1.71. The van der Waals surface area contributed by atoms with Gasteiger partial charge in [0.1, 0.15) is 28.8 Å². The van der Waals surface area contributed by atoms with Crippen LogP contribution in [0.5, 0.6) is 5.75 Å². The van der Waals surface area contributed by atoms with Crippen LogP contribution >= 0.6 is 0 Å². The summed E-state index contributed by atoms with van der Waals surface area (Å²) in [6.45, 7) is 2.58. The van der Waals surface area contributed by atoms with Crippen molar-refractivity contribution in [2.45, 2.75) is 75.3 Å². The highest BCUT2D eigenvalue weighted by atomic mass is 19.1. The average molecular weight is 534 g/mol. The summed E-state index contributed by atoms with van der Waals surface area (Å²) in [6.07, 6.45) is 3.22. The number of aliphatic hydroxyl groups is 1. The van der Waals surface area contributed by atoms with E-state index >= 15 is 0 Å². The topological polar surface area (TPSA) is 91.9 Å². The smallest absolute Gasteiger partial charge is 0.217 e. The normalized spacial score (nSPS) is 23.2. The van der Waals surface area contributed by atoms with Crippen molar-refractivity contribution < 1.29 is 32.5 Å². The molecule has 2 aromatic carbocycles. The zero-order valence-corrected chi connectivity index (χ0v) is 21.4. The minimum Gasteiger partial charge on any atom is -0.487 e. The third-order valence-corrected chi connectivity index (χ3v) is 7.74. The summed E-state index contributed by atoms with van der Waals surface area (Å²) < 4.78 is 54.1. The molecule has 3 aliphatic rings. The highest BCUT2D eigenvalue weighted by Gasteiger charge is 2.46. The van der Waals surface area contributed by atoms with Gasteiger partial charge in [0.15, 0.2) is 0 Å². The van der Waals surface area contributed by atoms with Gasteiger partial charge >= 0.3 is 0 Å². The monoisotopic (exact) mass is 533 g/mol. The number of amides is 1. The van der Waals surface area contributed by atoms with E-state index in [9.17, 15) is 23.1 Å². The molecular weight excluding hydrogens is 499 g/mol. The van der Waals surface area contributed by atoms with E-state index in [1.54, 1.807) is 6.07 Å². The second-order valence-corrected chi connectivity index (χ2v) is 10.7. The van der Waals surface area contributed by atoms with E-state index in [0.717, 1.165) is 37.3 Å². The quantitative estimate of drug-likeness (QED) is 0.393. The van der Waals surface area contributed by atoms with Crippen LogP contribution in [0, 0.1) is 17.5 Å². The van der Waals surface area contributed by atoms with Crippen molar-refractivity contribution in [3.63, 3.8) is 0 Å². The van der Waals surface area contributed by atoms with Gasteiger partial charge in [0.25, 0.3) is 0 Å². The standard InChI is InChI=1S/C28H34F3N3O4/c1-16(35)33-24(9-17-7-18(29)10-19(30)8-17)26(36)14-32-25-13-28(4-2-5-28)38-27-12-22(31)23(11-21(25)27)34-20-3-6-37-15-20/h7-8,10-12,20,24-26,32,34,36H,2-6,9,13-15H2,1H3,(H,33,35)/t20-,24+,25+,26+/m1/s1. The second-order valence-electron chi connectivity index (χ2n) is 10.7. The lowest BCUT2D eigenvalue weighted by molar-refractivity contribution is -0.120. The molecule has 2 heterocycles. The molecule has 2 aliphatic heterocycles. The molecule has 5 rings (SSSR count). The number of carbonyl (C=O) groups is 1. The number of aliphatic hydroxyl groups excluding tert-OH is 1. The van der Waals surface area contributed by atoms with Crippen LogP contribution in [0.2, 0.25) is 0 Å². The van der Waals surface area contributed by atoms with Gasteiger partial charge in [-0.05, 0) is 55.9 Å². The van der Waals surface area contributed by atoms with Crippen LogP contribution in [0.25, 0.3) is 0 Å². The number of benzene rings is 2. The molecule has 1 saturated carbocycles. The molecule has 7 nitrogen and oxygen atoms in total. The van der Waals surface area contributed by atoms with Gasteiger partial charge in [-0.1, -0.05) is 0 Å². The summed E-state index contributed by atoms with van der Waals surface area (Å²) in [7, 11) is 0. The van der Waals surface area contributed by atoms with Crippen LogP contribution < -0.4 is 20.7 Å². The Balaban J connectivity index is 1.33. The molecule has 1 amide bonds.